The van der Waals surface area contributed by atoms with Crippen LogP contribution in [-0.2, 0) is 0 Å². The van der Waals surface area contributed by atoms with E-state index < -0.39 is 0 Å². The smallest absolute Gasteiger partial charge is 0.0786 e. The van der Waals surface area contributed by atoms with Gasteiger partial charge in [-0.2, -0.15) is 0 Å². The Hall–Kier alpha value is 0.250. The number of hydrogen-bond donors (Lipinski definition) is 0. The molecule has 0 bridgehead atoms. The second-order valence-electron chi connectivity index (χ2n) is 15.4. The fourth-order valence-corrected chi connectivity index (χ4v) is 7.67. The third-order valence-electron chi connectivity index (χ3n) is 11.3. The van der Waals surface area contributed by atoms with Crippen LogP contribution >= 0.6 is 0 Å². The molecule has 0 aliphatic heterocycles. The van der Waals surface area contributed by atoms with Gasteiger partial charge >= 0.3 is 0 Å². The number of nitrogens with zero attached hydrogens (tertiary/aromatic N) is 1. The van der Waals surface area contributed by atoms with E-state index >= 15 is 0 Å². The summed E-state index contributed by atoms with van der Waals surface area (Å²) in [5.74, 6) is 0. The first-order chi connectivity index (χ1) is 22.2. The molecule has 0 aliphatic carbocycles. The van der Waals surface area contributed by atoms with Gasteiger partial charge in [-0.05, 0) is 39.5 Å². The number of rotatable bonds is 40. The Bertz CT molecular complexity index is 474. The van der Waals surface area contributed by atoms with Crippen molar-refractivity contribution in [1.29, 1.82) is 0 Å². The minimum atomic E-state index is 0. The highest BCUT2D eigenvalue weighted by Crippen LogP contribution is 2.18. The summed E-state index contributed by atoms with van der Waals surface area (Å²) in [7, 11) is 0. The van der Waals surface area contributed by atoms with Crippen molar-refractivity contribution in [2.45, 2.75) is 259 Å². The highest BCUT2D eigenvalue weighted by atomic mass is 35.5. The van der Waals surface area contributed by atoms with E-state index in [1.54, 1.807) is 0 Å². The van der Waals surface area contributed by atoms with Crippen molar-refractivity contribution in [2.75, 3.05) is 26.2 Å². The largest absolute Gasteiger partial charge is 1.00 e. The van der Waals surface area contributed by atoms with Crippen molar-refractivity contribution in [2.24, 2.45) is 0 Å². The maximum atomic E-state index is 2.45. The molecule has 0 aromatic heterocycles. The second kappa shape index (κ2) is 41.4. The van der Waals surface area contributed by atoms with E-state index in [1.807, 2.05) is 0 Å². The summed E-state index contributed by atoms with van der Waals surface area (Å²) < 4.78 is 1.39. The third-order valence-corrected chi connectivity index (χ3v) is 11.3. The fourth-order valence-electron chi connectivity index (χ4n) is 7.67. The zero-order valence-electron chi connectivity index (χ0n) is 33.1. The SMILES string of the molecule is CCCCCCCCCCCCCCCCCCCC[N+](CC)(CC)CCCCCCCCCCCCCCCCCCCC.[Cl-]. The molecule has 1 nitrogen and oxygen atoms in total. The minimum Gasteiger partial charge on any atom is -1.00 e. The molecule has 280 valence electrons. The van der Waals surface area contributed by atoms with Gasteiger partial charge in [-0.25, -0.2) is 0 Å². The van der Waals surface area contributed by atoms with E-state index in [2.05, 4.69) is 27.7 Å². The maximum Gasteiger partial charge on any atom is 0.0786 e. The van der Waals surface area contributed by atoms with E-state index in [4.69, 9.17) is 0 Å². The Kier molecular flexibility index (Phi) is 43.5. The van der Waals surface area contributed by atoms with Crippen molar-refractivity contribution < 1.29 is 16.9 Å². The lowest BCUT2D eigenvalue weighted by molar-refractivity contribution is -0.925. The first-order valence-electron chi connectivity index (χ1n) is 22.1. The average molecular weight is 671 g/mol. The first kappa shape index (κ1) is 48.4. The number of unbranched alkanes of at least 4 members (excludes halogenated alkanes) is 34. The van der Waals surface area contributed by atoms with Crippen LogP contribution in [0.25, 0.3) is 0 Å². The summed E-state index contributed by atoms with van der Waals surface area (Å²) in [6.07, 6.45) is 53.0. The van der Waals surface area contributed by atoms with Crippen molar-refractivity contribution in [3.05, 3.63) is 0 Å². The quantitative estimate of drug-likeness (QED) is 0.0450. The van der Waals surface area contributed by atoms with Crippen LogP contribution in [0.5, 0.6) is 0 Å². The van der Waals surface area contributed by atoms with Crippen LogP contribution in [0, 0.1) is 0 Å². The molecule has 0 fully saturated rings. The van der Waals surface area contributed by atoms with Gasteiger partial charge in [-0.1, -0.05) is 219 Å². The van der Waals surface area contributed by atoms with E-state index in [1.165, 1.54) is 262 Å². The molecule has 0 aromatic rings. The molecule has 0 amide bonds. The Morgan fingerprint density at radius 3 is 0.522 bits per heavy atom. The Morgan fingerprint density at radius 2 is 0.370 bits per heavy atom. The molecule has 0 heterocycles. The highest BCUT2D eigenvalue weighted by molar-refractivity contribution is 4.53. The van der Waals surface area contributed by atoms with Gasteiger partial charge in [0.1, 0.15) is 0 Å². The average Bonchev–Trinajstić information content (AvgIpc) is 3.06. The van der Waals surface area contributed by atoms with Crippen molar-refractivity contribution in [3.63, 3.8) is 0 Å². The molecule has 46 heavy (non-hydrogen) atoms. The van der Waals surface area contributed by atoms with Gasteiger partial charge in [0.25, 0.3) is 0 Å². The van der Waals surface area contributed by atoms with Crippen molar-refractivity contribution in [1.82, 2.24) is 0 Å². The number of quaternary nitrogens is 1. The summed E-state index contributed by atoms with van der Waals surface area (Å²) in [6.45, 7) is 15.1. The Morgan fingerprint density at radius 1 is 0.217 bits per heavy atom. The van der Waals surface area contributed by atoms with Crippen LogP contribution in [0.1, 0.15) is 259 Å². The molecule has 0 radical (unpaired) electrons. The third kappa shape index (κ3) is 35.6. The molecule has 0 saturated carbocycles. The van der Waals surface area contributed by atoms with E-state index in [-0.39, 0.29) is 12.4 Å². The Labute approximate surface area is 301 Å². The normalized spacial score (nSPS) is 11.7. The topological polar surface area (TPSA) is 0 Å². The molecule has 2 heteroatoms. The summed E-state index contributed by atoms with van der Waals surface area (Å²) >= 11 is 0. The summed E-state index contributed by atoms with van der Waals surface area (Å²) in [5.41, 5.74) is 0. The molecular weight excluding hydrogens is 578 g/mol. The standard InChI is InChI=1S/C44H92N.ClH/c1-5-9-11-13-15-17-19-21-23-25-27-29-31-33-35-37-39-41-43-45(7-3,8-4)44-42-40-38-36-34-32-30-28-26-24-22-20-18-16-14-12-10-6-2;/h5-44H2,1-4H3;1H/q+1;/p-1. The zero-order chi connectivity index (χ0) is 32.8. The first-order valence-corrected chi connectivity index (χ1v) is 22.1. The molecule has 0 N–H and O–H groups in total. The van der Waals surface area contributed by atoms with Crippen LogP contribution in [0.2, 0.25) is 0 Å². The zero-order valence-corrected chi connectivity index (χ0v) is 33.9. The lowest BCUT2D eigenvalue weighted by Gasteiger charge is -2.37. The fraction of sp³-hybridized carbons (Fsp3) is 1.00. The molecular formula is C44H92ClN. The summed E-state index contributed by atoms with van der Waals surface area (Å²) in [4.78, 5) is 0. The Balaban J connectivity index is 0. The van der Waals surface area contributed by atoms with Gasteiger partial charge in [0.15, 0.2) is 0 Å². The highest BCUT2D eigenvalue weighted by Gasteiger charge is 2.21. The van der Waals surface area contributed by atoms with Crippen LogP contribution in [0.4, 0.5) is 0 Å². The number of halogens is 1. The van der Waals surface area contributed by atoms with Crippen LogP contribution in [-0.4, -0.2) is 30.7 Å². The molecule has 0 atom stereocenters. The van der Waals surface area contributed by atoms with Gasteiger partial charge in [-0.15, -0.1) is 0 Å². The van der Waals surface area contributed by atoms with E-state index in [9.17, 15) is 0 Å². The van der Waals surface area contributed by atoms with Crippen LogP contribution < -0.4 is 12.4 Å². The van der Waals surface area contributed by atoms with Gasteiger partial charge in [-0.3, -0.25) is 0 Å². The van der Waals surface area contributed by atoms with Gasteiger partial charge < -0.3 is 16.9 Å². The molecule has 0 spiro atoms. The lowest BCUT2D eigenvalue weighted by atomic mass is 10.0. The van der Waals surface area contributed by atoms with Gasteiger partial charge in [0, 0.05) is 0 Å². The predicted molar refractivity (Wildman–Crippen MR) is 209 cm³/mol. The lowest BCUT2D eigenvalue weighted by Crippen LogP contribution is -3.00. The molecule has 0 aromatic carbocycles. The molecule has 0 unspecified atom stereocenters. The van der Waals surface area contributed by atoms with E-state index in [0.29, 0.717) is 0 Å². The summed E-state index contributed by atoms with van der Waals surface area (Å²) in [6, 6.07) is 0. The maximum absolute atomic E-state index is 2.45. The monoisotopic (exact) mass is 670 g/mol. The molecule has 0 aliphatic rings. The van der Waals surface area contributed by atoms with Gasteiger partial charge in [0.2, 0.25) is 0 Å². The summed E-state index contributed by atoms with van der Waals surface area (Å²) in [5, 5.41) is 0. The predicted octanol–water partition coefficient (Wildman–Crippen LogP) is 12.9. The number of hydrogen-bond acceptors (Lipinski definition) is 0. The van der Waals surface area contributed by atoms with Gasteiger partial charge in [0.05, 0.1) is 26.2 Å². The van der Waals surface area contributed by atoms with Crippen molar-refractivity contribution >= 4 is 0 Å². The van der Waals surface area contributed by atoms with Crippen LogP contribution in [0.15, 0.2) is 0 Å². The minimum absolute atomic E-state index is 0. The molecule has 0 rings (SSSR count). The second-order valence-corrected chi connectivity index (χ2v) is 15.4. The molecule has 0 saturated heterocycles. The van der Waals surface area contributed by atoms with Crippen LogP contribution in [0.3, 0.4) is 0 Å². The van der Waals surface area contributed by atoms with Crippen molar-refractivity contribution in [3.8, 4) is 0 Å². The van der Waals surface area contributed by atoms with E-state index in [0.717, 1.165) is 0 Å².